The third-order valence-electron chi connectivity index (χ3n) is 2.80. The van der Waals surface area contributed by atoms with Crippen LogP contribution in [0.2, 0.25) is 5.02 Å². The fourth-order valence-electron chi connectivity index (χ4n) is 1.80. The molecule has 0 saturated carbocycles. The van der Waals surface area contributed by atoms with Crippen molar-refractivity contribution < 1.29 is 4.79 Å². The molecule has 2 rings (SSSR count). The van der Waals surface area contributed by atoms with E-state index in [1.165, 1.54) is 17.8 Å². The number of aromatic nitrogens is 2. The smallest absolute Gasteiger partial charge is 0.230 e. The maximum Gasteiger partial charge on any atom is 0.230 e. The number of amides is 1. The standard InChI is InChI=1S/C14H16ClN5OS/c1-8(9-3-2-4-10(15)5-9)18-13(21)7-22-14-19-11(16)6-12(17)20-14/h2-6,8H,7H2,1H3,(H,18,21)(H4,16,17,19,20). The summed E-state index contributed by atoms with van der Waals surface area (Å²) < 4.78 is 0. The number of hydrogen-bond acceptors (Lipinski definition) is 6. The third-order valence-corrected chi connectivity index (χ3v) is 3.89. The van der Waals surface area contributed by atoms with Crippen molar-refractivity contribution in [3.63, 3.8) is 0 Å². The molecular weight excluding hydrogens is 322 g/mol. The summed E-state index contributed by atoms with van der Waals surface area (Å²) in [4.78, 5) is 20.0. The monoisotopic (exact) mass is 337 g/mol. The minimum absolute atomic E-state index is 0.137. The van der Waals surface area contributed by atoms with Gasteiger partial charge in [-0.15, -0.1) is 0 Å². The van der Waals surface area contributed by atoms with Crippen LogP contribution in [0.4, 0.5) is 11.6 Å². The van der Waals surface area contributed by atoms with Crippen LogP contribution >= 0.6 is 23.4 Å². The summed E-state index contributed by atoms with van der Waals surface area (Å²) >= 11 is 7.12. The Morgan fingerprint density at radius 2 is 2.00 bits per heavy atom. The normalized spacial score (nSPS) is 11.9. The van der Waals surface area contributed by atoms with E-state index in [2.05, 4.69) is 15.3 Å². The van der Waals surface area contributed by atoms with E-state index in [0.717, 1.165) is 5.56 Å². The van der Waals surface area contributed by atoms with Crippen molar-refractivity contribution in [1.29, 1.82) is 0 Å². The zero-order chi connectivity index (χ0) is 16.1. The number of benzene rings is 1. The highest BCUT2D eigenvalue weighted by Crippen LogP contribution is 2.19. The van der Waals surface area contributed by atoms with E-state index in [-0.39, 0.29) is 29.3 Å². The first kappa shape index (κ1) is 16.4. The van der Waals surface area contributed by atoms with Crippen LogP contribution in [-0.2, 0) is 4.79 Å². The lowest BCUT2D eigenvalue weighted by Crippen LogP contribution is -2.28. The van der Waals surface area contributed by atoms with Crippen LogP contribution in [0.25, 0.3) is 0 Å². The molecule has 0 radical (unpaired) electrons. The minimum atomic E-state index is -0.140. The van der Waals surface area contributed by atoms with E-state index < -0.39 is 0 Å². The molecule has 0 saturated heterocycles. The van der Waals surface area contributed by atoms with Crippen molar-refractivity contribution >= 4 is 40.9 Å². The van der Waals surface area contributed by atoms with Crippen LogP contribution in [0.3, 0.4) is 0 Å². The van der Waals surface area contributed by atoms with E-state index >= 15 is 0 Å². The number of carbonyl (C=O) groups excluding carboxylic acids is 1. The van der Waals surface area contributed by atoms with Crippen LogP contribution in [0.1, 0.15) is 18.5 Å². The van der Waals surface area contributed by atoms with Gasteiger partial charge >= 0.3 is 0 Å². The van der Waals surface area contributed by atoms with Gasteiger partial charge in [0.1, 0.15) is 11.6 Å². The molecule has 6 nitrogen and oxygen atoms in total. The lowest BCUT2D eigenvalue weighted by molar-refractivity contribution is -0.119. The van der Waals surface area contributed by atoms with Gasteiger partial charge in [0.25, 0.3) is 0 Å². The largest absolute Gasteiger partial charge is 0.383 e. The predicted octanol–water partition coefficient (Wildman–Crippen LogP) is 2.26. The first-order valence-electron chi connectivity index (χ1n) is 6.51. The second-order valence-corrected chi connectivity index (χ2v) is 6.01. The average molecular weight is 338 g/mol. The third kappa shape index (κ3) is 4.78. The number of carbonyl (C=O) groups is 1. The maximum absolute atomic E-state index is 12.0. The molecule has 1 atom stereocenters. The Labute approximate surface area is 137 Å². The average Bonchev–Trinajstić information content (AvgIpc) is 2.44. The molecule has 0 aliphatic rings. The molecule has 1 aromatic heterocycles. The molecule has 1 aromatic carbocycles. The molecule has 22 heavy (non-hydrogen) atoms. The maximum atomic E-state index is 12.0. The zero-order valence-corrected chi connectivity index (χ0v) is 13.5. The lowest BCUT2D eigenvalue weighted by Gasteiger charge is -2.14. The Kier molecular flexibility index (Phi) is 5.46. The Hall–Kier alpha value is -1.99. The minimum Gasteiger partial charge on any atom is -0.383 e. The molecule has 0 aliphatic carbocycles. The number of hydrogen-bond donors (Lipinski definition) is 3. The topological polar surface area (TPSA) is 107 Å². The Balaban J connectivity index is 1.90. The summed E-state index contributed by atoms with van der Waals surface area (Å²) in [7, 11) is 0. The molecule has 1 amide bonds. The van der Waals surface area contributed by atoms with Crippen LogP contribution in [-0.4, -0.2) is 21.6 Å². The van der Waals surface area contributed by atoms with Gasteiger partial charge in [-0.25, -0.2) is 9.97 Å². The number of thioether (sulfide) groups is 1. The fraction of sp³-hybridized carbons (Fsp3) is 0.214. The fourth-order valence-corrected chi connectivity index (χ4v) is 2.68. The van der Waals surface area contributed by atoms with E-state index in [4.69, 9.17) is 23.1 Å². The second-order valence-electron chi connectivity index (χ2n) is 4.63. The van der Waals surface area contributed by atoms with Crippen molar-refractivity contribution in [2.75, 3.05) is 17.2 Å². The number of anilines is 2. The number of nitrogens with two attached hydrogens (primary N) is 2. The lowest BCUT2D eigenvalue weighted by atomic mass is 10.1. The van der Waals surface area contributed by atoms with Gasteiger partial charge < -0.3 is 16.8 Å². The van der Waals surface area contributed by atoms with Gasteiger partial charge in [0.2, 0.25) is 5.91 Å². The molecule has 0 aliphatic heterocycles. The van der Waals surface area contributed by atoms with Gasteiger partial charge in [0.15, 0.2) is 5.16 Å². The molecule has 2 aromatic rings. The van der Waals surface area contributed by atoms with Gasteiger partial charge in [-0.3, -0.25) is 4.79 Å². The van der Waals surface area contributed by atoms with E-state index in [1.807, 2.05) is 25.1 Å². The number of nitrogens with one attached hydrogen (secondary N) is 1. The highest BCUT2D eigenvalue weighted by molar-refractivity contribution is 7.99. The van der Waals surface area contributed by atoms with Crippen molar-refractivity contribution in [3.8, 4) is 0 Å². The number of nitrogen functional groups attached to an aromatic ring is 2. The van der Waals surface area contributed by atoms with Gasteiger partial charge in [-0.05, 0) is 24.6 Å². The number of halogens is 1. The Morgan fingerprint density at radius 3 is 2.64 bits per heavy atom. The molecule has 0 spiro atoms. The van der Waals surface area contributed by atoms with Crippen LogP contribution in [0.5, 0.6) is 0 Å². The molecule has 0 fully saturated rings. The van der Waals surface area contributed by atoms with Crippen molar-refractivity contribution in [2.45, 2.75) is 18.1 Å². The highest BCUT2D eigenvalue weighted by atomic mass is 35.5. The molecule has 5 N–H and O–H groups in total. The summed E-state index contributed by atoms with van der Waals surface area (Å²) in [5.41, 5.74) is 12.1. The van der Waals surface area contributed by atoms with Gasteiger partial charge in [-0.1, -0.05) is 35.5 Å². The van der Waals surface area contributed by atoms with Crippen LogP contribution < -0.4 is 16.8 Å². The summed E-state index contributed by atoms with van der Waals surface area (Å²) in [5, 5.41) is 3.90. The second kappa shape index (κ2) is 7.33. The van der Waals surface area contributed by atoms with Crippen molar-refractivity contribution in [3.05, 3.63) is 40.9 Å². The molecule has 1 heterocycles. The van der Waals surface area contributed by atoms with Gasteiger partial charge in [0, 0.05) is 11.1 Å². The first-order chi connectivity index (χ1) is 10.4. The zero-order valence-electron chi connectivity index (χ0n) is 11.9. The highest BCUT2D eigenvalue weighted by Gasteiger charge is 2.11. The molecule has 0 bridgehead atoms. The van der Waals surface area contributed by atoms with Crippen LogP contribution in [0, 0.1) is 0 Å². The van der Waals surface area contributed by atoms with E-state index in [9.17, 15) is 4.79 Å². The molecule has 1 unspecified atom stereocenters. The Bertz CT molecular complexity index is 662. The molecular formula is C14H16ClN5OS. The van der Waals surface area contributed by atoms with Crippen molar-refractivity contribution in [2.24, 2.45) is 0 Å². The van der Waals surface area contributed by atoms with Crippen molar-refractivity contribution in [1.82, 2.24) is 15.3 Å². The van der Waals surface area contributed by atoms with Gasteiger partial charge in [0.05, 0.1) is 11.8 Å². The summed E-state index contributed by atoms with van der Waals surface area (Å²) in [6, 6.07) is 8.69. The number of nitrogens with zero attached hydrogens (tertiary/aromatic N) is 2. The molecule has 8 heteroatoms. The summed E-state index contributed by atoms with van der Waals surface area (Å²) in [5.74, 6) is 0.598. The quantitative estimate of drug-likeness (QED) is 0.570. The SMILES string of the molecule is CC(NC(=O)CSc1nc(N)cc(N)n1)c1cccc(Cl)c1. The van der Waals surface area contributed by atoms with E-state index in [1.54, 1.807) is 6.07 Å². The van der Waals surface area contributed by atoms with Crippen LogP contribution in [0.15, 0.2) is 35.5 Å². The Morgan fingerprint density at radius 1 is 1.32 bits per heavy atom. The van der Waals surface area contributed by atoms with Gasteiger partial charge in [-0.2, -0.15) is 0 Å². The first-order valence-corrected chi connectivity index (χ1v) is 7.88. The summed E-state index contributed by atoms with van der Waals surface area (Å²) in [6.07, 6.45) is 0. The summed E-state index contributed by atoms with van der Waals surface area (Å²) in [6.45, 7) is 1.89. The molecule has 116 valence electrons. The number of rotatable bonds is 5. The van der Waals surface area contributed by atoms with E-state index in [0.29, 0.717) is 10.2 Å². The predicted molar refractivity (Wildman–Crippen MR) is 89.6 cm³/mol.